The lowest BCUT2D eigenvalue weighted by molar-refractivity contribution is 0.170. The number of fused-ring (bicyclic) bond motifs is 1. The standard InChI is InChI=1S/C14H14BrN3O2/c15-10-5-8(6-11-13(10)20-4-3-19-11)12-14(16)18(7-17-12)9-1-2-9/h5-7,9H,1-4,16H2. The van der Waals surface area contributed by atoms with Crippen LogP contribution in [0, 0.1) is 0 Å². The largest absolute Gasteiger partial charge is 0.486 e. The number of anilines is 1. The minimum Gasteiger partial charge on any atom is -0.486 e. The van der Waals surface area contributed by atoms with Gasteiger partial charge >= 0.3 is 0 Å². The Morgan fingerprint density at radius 2 is 2.05 bits per heavy atom. The number of aromatic nitrogens is 2. The molecule has 2 N–H and O–H groups in total. The molecule has 2 heterocycles. The van der Waals surface area contributed by atoms with Crippen molar-refractivity contribution in [3.05, 3.63) is 22.9 Å². The maximum atomic E-state index is 6.22. The van der Waals surface area contributed by atoms with E-state index in [1.165, 1.54) is 12.8 Å². The second-order valence-corrected chi connectivity index (χ2v) is 5.95. The predicted octanol–water partition coefficient (Wildman–Crippen LogP) is 3.00. The van der Waals surface area contributed by atoms with E-state index in [-0.39, 0.29) is 0 Å². The number of nitrogens with zero attached hydrogens (tertiary/aromatic N) is 2. The summed E-state index contributed by atoms with van der Waals surface area (Å²) in [5.74, 6) is 2.21. The van der Waals surface area contributed by atoms with Gasteiger partial charge in [-0.2, -0.15) is 0 Å². The summed E-state index contributed by atoms with van der Waals surface area (Å²) in [6, 6.07) is 4.44. The molecule has 2 aromatic rings. The van der Waals surface area contributed by atoms with Gasteiger partial charge in [-0.15, -0.1) is 0 Å². The van der Waals surface area contributed by atoms with E-state index in [4.69, 9.17) is 15.2 Å². The molecule has 1 aliphatic carbocycles. The van der Waals surface area contributed by atoms with Crippen molar-refractivity contribution in [1.82, 2.24) is 9.55 Å². The number of hydrogen-bond donors (Lipinski definition) is 1. The van der Waals surface area contributed by atoms with Crippen LogP contribution in [0.1, 0.15) is 18.9 Å². The number of benzene rings is 1. The van der Waals surface area contributed by atoms with Gasteiger partial charge in [-0.3, -0.25) is 0 Å². The Morgan fingerprint density at radius 3 is 2.85 bits per heavy atom. The van der Waals surface area contributed by atoms with Crippen LogP contribution in [0.15, 0.2) is 22.9 Å². The Morgan fingerprint density at radius 1 is 1.25 bits per heavy atom. The summed E-state index contributed by atoms with van der Waals surface area (Å²) < 4.78 is 14.2. The number of nitrogen functional groups attached to an aromatic ring is 1. The van der Waals surface area contributed by atoms with E-state index in [2.05, 4.69) is 25.5 Å². The molecule has 1 fully saturated rings. The van der Waals surface area contributed by atoms with Crippen molar-refractivity contribution in [1.29, 1.82) is 0 Å². The number of nitrogens with two attached hydrogens (primary N) is 1. The molecule has 2 aliphatic rings. The van der Waals surface area contributed by atoms with E-state index < -0.39 is 0 Å². The third-order valence-corrected chi connectivity index (χ3v) is 4.23. The molecule has 4 rings (SSSR count). The number of hydrogen-bond acceptors (Lipinski definition) is 4. The second kappa shape index (κ2) is 4.41. The summed E-state index contributed by atoms with van der Waals surface area (Å²) in [7, 11) is 0. The Bertz CT molecular complexity index is 679. The maximum Gasteiger partial charge on any atom is 0.175 e. The molecule has 0 bridgehead atoms. The molecule has 0 spiro atoms. The van der Waals surface area contributed by atoms with Gasteiger partial charge in [-0.05, 0) is 40.9 Å². The molecule has 0 amide bonds. The van der Waals surface area contributed by atoms with Gasteiger partial charge in [0, 0.05) is 11.6 Å². The number of ether oxygens (including phenoxy) is 2. The van der Waals surface area contributed by atoms with Crippen LogP contribution in [0.3, 0.4) is 0 Å². The summed E-state index contributed by atoms with van der Waals surface area (Å²) in [6.45, 7) is 1.14. The molecule has 6 heteroatoms. The van der Waals surface area contributed by atoms with Crippen LogP contribution in [-0.2, 0) is 0 Å². The Labute approximate surface area is 124 Å². The lowest BCUT2D eigenvalue weighted by atomic mass is 10.1. The van der Waals surface area contributed by atoms with E-state index in [9.17, 15) is 0 Å². The van der Waals surface area contributed by atoms with Crippen LogP contribution in [0.25, 0.3) is 11.3 Å². The first kappa shape index (κ1) is 12.1. The van der Waals surface area contributed by atoms with Crippen molar-refractivity contribution in [2.24, 2.45) is 0 Å². The smallest absolute Gasteiger partial charge is 0.175 e. The summed E-state index contributed by atoms with van der Waals surface area (Å²) in [5.41, 5.74) is 7.96. The van der Waals surface area contributed by atoms with Gasteiger partial charge in [0.15, 0.2) is 11.5 Å². The van der Waals surface area contributed by atoms with Crippen LogP contribution in [0.2, 0.25) is 0 Å². The highest BCUT2D eigenvalue weighted by atomic mass is 79.9. The topological polar surface area (TPSA) is 62.3 Å². The Hall–Kier alpha value is -1.69. The van der Waals surface area contributed by atoms with E-state index in [1.54, 1.807) is 0 Å². The zero-order valence-electron chi connectivity index (χ0n) is 10.8. The highest BCUT2D eigenvalue weighted by molar-refractivity contribution is 9.10. The minimum atomic E-state index is 0.525. The summed E-state index contributed by atoms with van der Waals surface area (Å²) in [4.78, 5) is 4.46. The van der Waals surface area contributed by atoms with Crippen molar-refractivity contribution in [2.45, 2.75) is 18.9 Å². The fourth-order valence-corrected chi connectivity index (χ4v) is 3.04. The van der Waals surface area contributed by atoms with Gasteiger partial charge in [0.1, 0.15) is 24.7 Å². The van der Waals surface area contributed by atoms with Crippen LogP contribution in [0.5, 0.6) is 11.5 Å². The second-order valence-electron chi connectivity index (χ2n) is 5.10. The third-order valence-electron chi connectivity index (χ3n) is 3.64. The molecule has 1 aromatic carbocycles. The fraction of sp³-hybridized carbons (Fsp3) is 0.357. The minimum absolute atomic E-state index is 0.525. The first-order valence-corrected chi connectivity index (χ1v) is 7.45. The zero-order chi connectivity index (χ0) is 13.7. The van der Waals surface area contributed by atoms with E-state index in [0.717, 1.165) is 33.0 Å². The van der Waals surface area contributed by atoms with Gasteiger partial charge in [0.2, 0.25) is 0 Å². The molecular formula is C14H14BrN3O2. The van der Waals surface area contributed by atoms with Crippen molar-refractivity contribution in [3.8, 4) is 22.8 Å². The van der Waals surface area contributed by atoms with E-state index in [0.29, 0.717) is 19.3 Å². The summed E-state index contributed by atoms with van der Waals surface area (Å²) >= 11 is 3.52. The molecule has 0 saturated heterocycles. The van der Waals surface area contributed by atoms with Crippen molar-refractivity contribution >= 4 is 21.7 Å². The van der Waals surface area contributed by atoms with Gasteiger partial charge in [0.05, 0.1) is 10.8 Å². The van der Waals surface area contributed by atoms with Crippen LogP contribution >= 0.6 is 15.9 Å². The quantitative estimate of drug-likeness (QED) is 0.916. The van der Waals surface area contributed by atoms with Gasteiger partial charge < -0.3 is 19.8 Å². The highest BCUT2D eigenvalue weighted by Crippen LogP contribution is 2.43. The Balaban J connectivity index is 1.80. The number of rotatable bonds is 2. The molecule has 1 aromatic heterocycles. The van der Waals surface area contributed by atoms with Gasteiger partial charge in [0.25, 0.3) is 0 Å². The zero-order valence-corrected chi connectivity index (χ0v) is 12.4. The lowest BCUT2D eigenvalue weighted by Gasteiger charge is -2.20. The van der Waals surface area contributed by atoms with Crippen molar-refractivity contribution < 1.29 is 9.47 Å². The van der Waals surface area contributed by atoms with Crippen molar-refractivity contribution in [2.75, 3.05) is 18.9 Å². The van der Waals surface area contributed by atoms with Crippen LogP contribution < -0.4 is 15.2 Å². The normalized spacial score (nSPS) is 17.2. The monoisotopic (exact) mass is 335 g/mol. The number of imidazole rings is 1. The SMILES string of the molecule is Nc1c(-c2cc(Br)c3c(c2)OCCO3)ncn1C1CC1. The first-order chi connectivity index (χ1) is 9.74. The molecule has 1 saturated carbocycles. The fourth-order valence-electron chi connectivity index (χ4n) is 2.48. The molecule has 1 aliphatic heterocycles. The summed E-state index contributed by atoms with van der Waals surface area (Å²) in [5, 5.41) is 0. The Kier molecular flexibility index (Phi) is 2.66. The molecule has 20 heavy (non-hydrogen) atoms. The van der Waals surface area contributed by atoms with E-state index >= 15 is 0 Å². The van der Waals surface area contributed by atoms with Gasteiger partial charge in [-0.25, -0.2) is 4.98 Å². The van der Waals surface area contributed by atoms with E-state index in [1.807, 2.05) is 18.5 Å². The van der Waals surface area contributed by atoms with Crippen LogP contribution in [0.4, 0.5) is 5.82 Å². The maximum absolute atomic E-state index is 6.22. The third kappa shape index (κ3) is 1.86. The first-order valence-electron chi connectivity index (χ1n) is 6.66. The molecular weight excluding hydrogens is 322 g/mol. The molecule has 5 nitrogen and oxygen atoms in total. The predicted molar refractivity (Wildman–Crippen MR) is 79.0 cm³/mol. The van der Waals surface area contributed by atoms with Crippen LogP contribution in [-0.4, -0.2) is 22.8 Å². The molecule has 0 atom stereocenters. The molecule has 104 valence electrons. The molecule has 0 unspecified atom stereocenters. The van der Waals surface area contributed by atoms with Gasteiger partial charge in [-0.1, -0.05) is 0 Å². The molecule has 0 radical (unpaired) electrons. The highest BCUT2D eigenvalue weighted by Gasteiger charge is 2.27. The van der Waals surface area contributed by atoms with Crippen molar-refractivity contribution in [3.63, 3.8) is 0 Å². The summed E-state index contributed by atoms with van der Waals surface area (Å²) in [6.07, 6.45) is 4.20. The average molecular weight is 336 g/mol. The number of halogens is 1. The average Bonchev–Trinajstić information content (AvgIpc) is 3.22. The lowest BCUT2D eigenvalue weighted by Crippen LogP contribution is -2.15.